The largest absolute Gasteiger partial charge is 0.322 e. The highest BCUT2D eigenvalue weighted by Crippen LogP contribution is 2.24. The van der Waals surface area contributed by atoms with Crippen LogP contribution < -0.4 is 5.32 Å². The van der Waals surface area contributed by atoms with Crippen molar-refractivity contribution in [2.24, 2.45) is 0 Å². The molecule has 0 radical (unpaired) electrons. The number of nitrogens with one attached hydrogen (secondary N) is 1. The molecule has 1 fully saturated rings. The van der Waals surface area contributed by atoms with E-state index < -0.39 is 20.9 Å². The van der Waals surface area contributed by atoms with Gasteiger partial charge in [-0.1, -0.05) is 25.0 Å². The van der Waals surface area contributed by atoms with Crippen LogP contribution in [0, 0.1) is 17.0 Å². The second-order valence-electron chi connectivity index (χ2n) is 7.06. The summed E-state index contributed by atoms with van der Waals surface area (Å²) in [7, 11) is -3.67. The Labute approximate surface area is 169 Å². The number of nitrogens with zero attached hydrogens (tertiary/aromatic N) is 2. The van der Waals surface area contributed by atoms with Crippen molar-refractivity contribution in [2.75, 3.05) is 18.4 Å². The first-order valence-corrected chi connectivity index (χ1v) is 10.9. The van der Waals surface area contributed by atoms with Crippen LogP contribution in [-0.4, -0.2) is 36.6 Å². The van der Waals surface area contributed by atoms with E-state index in [2.05, 4.69) is 5.32 Å². The molecule has 1 amide bonds. The van der Waals surface area contributed by atoms with Crippen molar-refractivity contribution >= 4 is 27.3 Å². The van der Waals surface area contributed by atoms with E-state index >= 15 is 0 Å². The summed E-state index contributed by atoms with van der Waals surface area (Å²) >= 11 is 0. The maximum Gasteiger partial charge on any atom is 0.274 e. The Hall–Kier alpha value is -2.78. The Morgan fingerprint density at radius 2 is 1.76 bits per heavy atom. The Morgan fingerprint density at radius 1 is 1.07 bits per heavy atom. The quantitative estimate of drug-likeness (QED) is 0.589. The second kappa shape index (κ2) is 8.71. The summed E-state index contributed by atoms with van der Waals surface area (Å²) in [4.78, 5) is 23.2. The highest BCUT2D eigenvalue weighted by Gasteiger charge is 2.26. The molecule has 1 aliphatic rings. The molecule has 0 aliphatic carbocycles. The summed E-state index contributed by atoms with van der Waals surface area (Å²) in [5.74, 6) is -0.531. The molecule has 3 rings (SSSR count). The third-order valence-electron chi connectivity index (χ3n) is 4.96. The summed E-state index contributed by atoms with van der Waals surface area (Å²) in [6, 6.07) is 10.3. The lowest BCUT2D eigenvalue weighted by atomic mass is 10.1. The van der Waals surface area contributed by atoms with Gasteiger partial charge in [-0.2, -0.15) is 4.31 Å². The normalized spacial score (nSPS) is 15.5. The van der Waals surface area contributed by atoms with E-state index in [1.54, 1.807) is 19.1 Å². The lowest BCUT2D eigenvalue weighted by molar-refractivity contribution is -0.385. The zero-order chi connectivity index (χ0) is 21.0. The number of carbonyl (C=O) groups is 1. The molecule has 1 aliphatic heterocycles. The van der Waals surface area contributed by atoms with E-state index in [-0.39, 0.29) is 21.8 Å². The number of benzene rings is 2. The molecule has 0 aromatic heterocycles. The van der Waals surface area contributed by atoms with E-state index in [9.17, 15) is 23.3 Å². The molecule has 0 unspecified atom stereocenters. The number of nitro groups is 1. The molecule has 0 bridgehead atoms. The Morgan fingerprint density at radius 3 is 2.41 bits per heavy atom. The van der Waals surface area contributed by atoms with Crippen LogP contribution in [-0.2, 0) is 10.0 Å². The third-order valence-corrected chi connectivity index (χ3v) is 6.86. The minimum atomic E-state index is -3.67. The third kappa shape index (κ3) is 4.80. The predicted octanol–water partition coefficient (Wildman–Crippen LogP) is 3.72. The van der Waals surface area contributed by atoms with Gasteiger partial charge in [-0.25, -0.2) is 8.42 Å². The summed E-state index contributed by atoms with van der Waals surface area (Å²) in [5.41, 5.74) is 0.830. The van der Waals surface area contributed by atoms with Crippen LogP contribution in [0.1, 0.15) is 41.6 Å². The molecule has 1 heterocycles. The fourth-order valence-electron chi connectivity index (χ4n) is 3.32. The zero-order valence-corrected chi connectivity index (χ0v) is 16.9. The number of sulfonamides is 1. The number of hydrogen-bond acceptors (Lipinski definition) is 5. The summed E-state index contributed by atoms with van der Waals surface area (Å²) in [5, 5.41) is 13.7. The number of hydrogen-bond donors (Lipinski definition) is 1. The van der Waals surface area contributed by atoms with E-state index in [0.717, 1.165) is 25.7 Å². The number of amides is 1. The van der Waals surface area contributed by atoms with E-state index in [1.165, 1.54) is 34.6 Å². The first-order chi connectivity index (χ1) is 13.8. The molecule has 0 atom stereocenters. The molecular weight excluding hydrogens is 394 g/mol. The van der Waals surface area contributed by atoms with Gasteiger partial charge in [0.15, 0.2) is 0 Å². The first-order valence-electron chi connectivity index (χ1n) is 9.45. The number of nitro benzene ring substituents is 1. The average Bonchev–Trinajstić information content (AvgIpc) is 2.99. The molecule has 8 nitrogen and oxygen atoms in total. The van der Waals surface area contributed by atoms with E-state index in [0.29, 0.717) is 18.7 Å². The van der Waals surface area contributed by atoms with Crippen LogP contribution in [0.3, 0.4) is 0 Å². The highest BCUT2D eigenvalue weighted by molar-refractivity contribution is 7.89. The van der Waals surface area contributed by atoms with Crippen LogP contribution in [0.25, 0.3) is 0 Å². The van der Waals surface area contributed by atoms with Gasteiger partial charge in [-0.15, -0.1) is 0 Å². The van der Waals surface area contributed by atoms with Crippen molar-refractivity contribution in [3.8, 4) is 0 Å². The minimum absolute atomic E-state index is 0.0712. The molecule has 2 aromatic carbocycles. The minimum Gasteiger partial charge on any atom is -0.322 e. The van der Waals surface area contributed by atoms with Crippen molar-refractivity contribution in [3.05, 3.63) is 63.7 Å². The van der Waals surface area contributed by atoms with Gasteiger partial charge in [0.25, 0.3) is 11.6 Å². The van der Waals surface area contributed by atoms with Crippen LogP contribution >= 0.6 is 0 Å². The van der Waals surface area contributed by atoms with Crippen LogP contribution in [0.15, 0.2) is 47.4 Å². The monoisotopic (exact) mass is 417 g/mol. The van der Waals surface area contributed by atoms with Crippen LogP contribution in [0.4, 0.5) is 11.4 Å². The maximum absolute atomic E-state index is 12.9. The second-order valence-corrected chi connectivity index (χ2v) is 9.00. The molecule has 154 valence electrons. The topological polar surface area (TPSA) is 110 Å². The highest BCUT2D eigenvalue weighted by atomic mass is 32.2. The van der Waals surface area contributed by atoms with Gasteiger partial charge in [-0.3, -0.25) is 14.9 Å². The maximum atomic E-state index is 12.9. The van der Waals surface area contributed by atoms with E-state index in [4.69, 9.17) is 0 Å². The Kier molecular flexibility index (Phi) is 6.29. The first kappa shape index (κ1) is 20.9. The Bertz CT molecular complexity index is 1030. The van der Waals surface area contributed by atoms with Gasteiger partial charge in [0.05, 0.1) is 9.82 Å². The summed E-state index contributed by atoms with van der Waals surface area (Å²) in [6.45, 7) is 2.57. The fourth-order valence-corrected chi connectivity index (χ4v) is 4.88. The molecule has 9 heteroatoms. The number of rotatable bonds is 5. The molecule has 2 aromatic rings. The van der Waals surface area contributed by atoms with Gasteiger partial charge in [-0.05, 0) is 44.0 Å². The molecule has 1 N–H and O–H groups in total. The van der Waals surface area contributed by atoms with Gasteiger partial charge in [0.1, 0.15) is 0 Å². The van der Waals surface area contributed by atoms with Crippen molar-refractivity contribution < 1.29 is 18.1 Å². The van der Waals surface area contributed by atoms with Crippen molar-refractivity contribution in [1.29, 1.82) is 0 Å². The van der Waals surface area contributed by atoms with Crippen molar-refractivity contribution in [1.82, 2.24) is 4.31 Å². The molecular formula is C20H23N3O5S. The van der Waals surface area contributed by atoms with Gasteiger partial charge in [0.2, 0.25) is 10.0 Å². The lowest BCUT2D eigenvalue weighted by Crippen LogP contribution is -2.32. The fraction of sp³-hybridized carbons (Fsp3) is 0.350. The molecule has 0 saturated carbocycles. The van der Waals surface area contributed by atoms with E-state index in [1.807, 2.05) is 0 Å². The zero-order valence-electron chi connectivity index (χ0n) is 16.1. The summed E-state index contributed by atoms with van der Waals surface area (Å²) in [6.07, 6.45) is 3.67. The molecule has 29 heavy (non-hydrogen) atoms. The van der Waals surface area contributed by atoms with Gasteiger partial charge >= 0.3 is 0 Å². The molecule has 0 spiro atoms. The lowest BCUT2D eigenvalue weighted by Gasteiger charge is -2.20. The predicted molar refractivity (Wildman–Crippen MR) is 109 cm³/mol. The van der Waals surface area contributed by atoms with Crippen LogP contribution in [0.2, 0.25) is 0 Å². The summed E-state index contributed by atoms with van der Waals surface area (Å²) < 4.78 is 27.4. The smallest absolute Gasteiger partial charge is 0.274 e. The standard InChI is InChI=1S/C20H23N3O5S/c1-15-9-10-17(14-19(15)23(25)26)21-20(24)16-7-6-8-18(13-16)29(27,28)22-11-4-2-3-5-12-22/h6-10,13-14H,2-5,11-12H2,1H3,(H,21,24). The Balaban J connectivity index is 1.83. The molecule has 1 saturated heterocycles. The average molecular weight is 417 g/mol. The van der Waals surface area contributed by atoms with Crippen LogP contribution in [0.5, 0.6) is 0 Å². The SMILES string of the molecule is Cc1ccc(NC(=O)c2cccc(S(=O)(=O)N3CCCCCC3)c2)cc1[N+](=O)[O-]. The number of carbonyl (C=O) groups excluding carboxylic acids is 1. The number of aryl methyl sites for hydroxylation is 1. The van der Waals surface area contributed by atoms with Gasteiger partial charge < -0.3 is 5.32 Å². The number of anilines is 1. The van der Waals surface area contributed by atoms with Gasteiger partial charge in [0, 0.05) is 36.0 Å². The van der Waals surface area contributed by atoms with Crippen molar-refractivity contribution in [2.45, 2.75) is 37.5 Å². The van der Waals surface area contributed by atoms with Crippen molar-refractivity contribution in [3.63, 3.8) is 0 Å².